The molecule has 11 heteroatoms. The summed E-state index contributed by atoms with van der Waals surface area (Å²) in [5.41, 5.74) is 2.54. The molecular formula is C29H35N5O5S. The van der Waals surface area contributed by atoms with Crippen molar-refractivity contribution in [3.63, 3.8) is 0 Å². The number of aromatic nitrogens is 2. The maximum Gasteiger partial charge on any atom is 0.323 e. The largest absolute Gasteiger partial charge is 0.492 e. The third kappa shape index (κ3) is 6.90. The van der Waals surface area contributed by atoms with Crippen LogP contribution >= 0.6 is 0 Å². The fraction of sp³-hybridized carbons (Fsp3) is 0.345. The van der Waals surface area contributed by atoms with E-state index >= 15 is 0 Å². The molecule has 2 aliphatic carbocycles. The molecule has 1 heterocycles. The van der Waals surface area contributed by atoms with Gasteiger partial charge >= 0.3 is 6.03 Å². The summed E-state index contributed by atoms with van der Waals surface area (Å²) in [6.07, 6.45) is 12.6. The smallest absolute Gasteiger partial charge is 0.323 e. The van der Waals surface area contributed by atoms with Gasteiger partial charge in [0.1, 0.15) is 11.6 Å². The number of amides is 2. The standard InChI is InChI=1S/C29H35N5O5S/c1-17-14-26(31-18(2)30-17)39-25-13-12-22(20-10-8-9-11-21(20)25)32-28(35)33-23-15-19(29(3,4)5)16-24(27(23)38-6)34-40(7,36)37/h8-16,20-21,34H,1-7H3,(H2,32,33,35). The zero-order valence-electron chi connectivity index (χ0n) is 23.7. The summed E-state index contributed by atoms with van der Waals surface area (Å²) < 4.78 is 38.2. The van der Waals surface area contributed by atoms with Crippen LogP contribution in [0.4, 0.5) is 16.2 Å². The van der Waals surface area contributed by atoms with Crippen LogP contribution in [0, 0.1) is 25.7 Å². The van der Waals surface area contributed by atoms with Crippen LogP contribution in [0.1, 0.15) is 37.9 Å². The van der Waals surface area contributed by atoms with E-state index in [1.807, 2.05) is 65.0 Å². The van der Waals surface area contributed by atoms with Gasteiger partial charge < -0.3 is 20.1 Å². The summed E-state index contributed by atoms with van der Waals surface area (Å²) in [7, 11) is -2.17. The summed E-state index contributed by atoms with van der Waals surface area (Å²) in [5.74, 6) is 1.67. The van der Waals surface area contributed by atoms with Crippen molar-refractivity contribution in [3.05, 3.63) is 83.2 Å². The molecular weight excluding hydrogens is 530 g/mol. The minimum absolute atomic E-state index is 0.148. The molecule has 10 nitrogen and oxygen atoms in total. The number of anilines is 2. The second-order valence-corrected chi connectivity index (χ2v) is 12.6. The number of benzene rings is 1. The summed E-state index contributed by atoms with van der Waals surface area (Å²) >= 11 is 0. The van der Waals surface area contributed by atoms with Gasteiger partial charge in [-0.3, -0.25) is 4.72 Å². The van der Waals surface area contributed by atoms with Crippen LogP contribution in [0.15, 0.2) is 66.1 Å². The molecule has 2 unspecified atom stereocenters. The van der Waals surface area contributed by atoms with Crippen molar-refractivity contribution in [1.82, 2.24) is 15.3 Å². The second kappa shape index (κ2) is 11.2. The van der Waals surface area contributed by atoms with Crippen molar-refractivity contribution in [2.24, 2.45) is 11.8 Å². The summed E-state index contributed by atoms with van der Waals surface area (Å²) in [4.78, 5) is 21.9. The first-order valence-corrected chi connectivity index (χ1v) is 14.7. The zero-order chi connectivity index (χ0) is 29.2. The van der Waals surface area contributed by atoms with Gasteiger partial charge in [0.15, 0.2) is 5.75 Å². The van der Waals surface area contributed by atoms with E-state index in [9.17, 15) is 13.2 Å². The number of aryl methyl sites for hydroxylation is 2. The van der Waals surface area contributed by atoms with Gasteiger partial charge in [-0.05, 0) is 49.1 Å². The molecule has 1 aromatic carbocycles. The SMILES string of the molecule is COc1c(NC(=O)NC2=CC=C(Oc3cc(C)nc(C)n3)C3C=CC=CC23)cc(C(C)(C)C)cc1NS(C)(=O)=O. The molecule has 2 aliphatic rings. The quantitative estimate of drug-likeness (QED) is 0.425. The fourth-order valence-corrected chi connectivity index (χ4v) is 5.14. The highest BCUT2D eigenvalue weighted by Crippen LogP contribution is 2.40. The van der Waals surface area contributed by atoms with Gasteiger partial charge in [-0.25, -0.2) is 18.2 Å². The van der Waals surface area contributed by atoms with Crippen LogP contribution in [-0.4, -0.2) is 37.8 Å². The number of allylic oxidation sites excluding steroid dienone is 6. The van der Waals surface area contributed by atoms with Gasteiger partial charge in [0.05, 0.1) is 24.7 Å². The Kier molecular flexibility index (Phi) is 8.06. The molecule has 0 aliphatic heterocycles. The van der Waals surface area contributed by atoms with Crippen LogP contribution in [-0.2, 0) is 15.4 Å². The number of hydrogen-bond acceptors (Lipinski definition) is 7. The van der Waals surface area contributed by atoms with E-state index in [0.717, 1.165) is 17.5 Å². The number of fused-ring (bicyclic) bond motifs is 1. The first-order chi connectivity index (χ1) is 18.7. The van der Waals surface area contributed by atoms with E-state index in [1.54, 1.807) is 24.3 Å². The van der Waals surface area contributed by atoms with Crippen molar-refractivity contribution < 1.29 is 22.7 Å². The monoisotopic (exact) mass is 565 g/mol. The molecule has 0 saturated carbocycles. The third-order valence-electron chi connectivity index (χ3n) is 6.38. The number of sulfonamides is 1. The number of ether oxygens (including phenoxy) is 2. The highest BCUT2D eigenvalue weighted by atomic mass is 32.2. The van der Waals surface area contributed by atoms with Gasteiger partial charge in [-0.2, -0.15) is 4.98 Å². The molecule has 4 rings (SSSR count). The molecule has 0 saturated heterocycles. The Bertz CT molecular complexity index is 1530. The van der Waals surface area contributed by atoms with Crippen LogP contribution < -0.4 is 24.8 Å². The molecule has 2 amide bonds. The van der Waals surface area contributed by atoms with Crippen molar-refractivity contribution in [2.45, 2.75) is 40.0 Å². The van der Waals surface area contributed by atoms with Crippen LogP contribution in [0.5, 0.6) is 11.6 Å². The van der Waals surface area contributed by atoms with Gasteiger partial charge in [0, 0.05) is 29.3 Å². The summed E-state index contributed by atoms with van der Waals surface area (Å²) in [6, 6.07) is 4.78. The lowest BCUT2D eigenvalue weighted by atomic mass is 9.81. The molecule has 212 valence electrons. The van der Waals surface area contributed by atoms with Crippen LogP contribution in [0.2, 0.25) is 0 Å². The normalized spacial score (nSPS) is 18.3. The number of hydrogen-bond donors (Lipinski definition) is 3. The summed E-state index contributed by atoms with van der Waals surface area (Å²) in [6.45, 7) is 9.68. The van der Waals surface area contributed by atoms with Crippen molar-refractivity contribution in [1.29, 1.82) is 0 Å². The number of methoxy groups -OCH3 is 1. The first-order valence-electron chi connectivity index (χ1n) is 12.8. The average molecular weight is 566 g/mol. The minimum atomic E-state index is -3.59. The number of nitrogens with one attached hydrogen (secondary N) is 3. The zero-order valence-corrected chi connectivity index (χ0v) is 24.5. The number of carbonyl (C=O) groups is 1. The highest BCUT2D eigenvalue weighted by molar-refractivity contribution is 7.92. The maximum absolute atomic E-state index is 13.3. The fourth-order valence-electron chi connectivity index (χ4n) is 4.59. The van der Waals surface area contributed by atoms with Gasteiger partial charge in [-0.1, -0.05) is 45.1 Å². The molecule has 0 spiro atoms. The lowest BCUT2D eigenvalue weighted by Crippen LogP contribution is -2.35. The predicted octanol–water partition coefficient (Wildman–Crippen LogP) is 5.11. The molecule has 0 fully saturated rings. The average Bonchev–Trinajstić information content (AvgIpc) is 2.83. The van der Waals surface area contributed by atoms with E-state index in [4.69, 9.17) is 9.47 Å². The summed E-state index contributed by atoms with van der Waals surface area (Å²) in [5, 5.41) is 5.80. The molecule has 2 atom stereocenters. The topological polar surface area (TPSA) is 132 Å². The molecule has 0 radical (unpaired) electrons. The lowest BCUT2D eigenvalue weighted by molar-refractivity contribution is 0.252. The van der Waals surface area contributed by atoms with E-state index < -0.39 is 16.1 Å². The van der Waals surface area contributed by atoms with Crippen molar-refractivity contribution in [2.75, 3.05) is 23.4 Å². The van der Waals surface area contributed by atoms with Gasteiger partial charge in [0.25, 0.3) is 0 Å². The Hall–Kier alpha value is -4.12. The predicted molar refractivity (Wildman–Crippen MR) is 156 cm³/mol. The Morgan fingerprint density at radius 2 is 1.62 bits per heavy atom. The molecule has 2 aromatic rings. The molecule has 40 heavy (non-hydrogen) atoms. The van der Waals surface area contributed by atoms with Crippen molar-refractivity contribution >= 4 is 27.4 Å². The highest BCUT2D eigenvalue weighted by Gasteiger charge is 2.31. The van der Waals surface area contributed by atoms with Gasteiger partial charge in [0.2, 0.25) is 15.9 Å². The number of carbonyl (C=O) groups excluding carboxylic acids is 1. The van der Waals surface area contributed by atoms with E-state index in [1.165, 1.54) is 7.11 Å². The Morgan fingerprint density at radius 3 is 2.25 bits per heavy atom. The number of nitrogens with zero attached hydrogens (tertiary/aromatic N) is 2. The molecule has 1 aromatic heterocycles. The number of rotatable bonds is 7. The second-order valence-electron chi connectivity index (χ2n) is 10.8. The van der Waals surface area contributed by atoms with E-state index in [0.29, 0.717) is 28.8 Å². The van der Waals surface area contributed by atoms with Crippen LogP contribution in [0.25, 0.3) is 0 Å². The maximum atomic E-state index is 13.3. The molecule has 0 bridgehead atoms. The minimum Gasteiger partial charge on any atom is -0.492 e. The Morgan fingerprint density at radius 1 is 0.950 bits per heavy atom. The Balaban J connectivity index is 1.61. The number of urea groups is 1. The molecule has 3 N–H and O–H groups in total. The van der Waals surface area contributed by atoms with Crippen LogP contribution in [0.3, 0.4) is 0 Å². The Labute approximate surface area is 235 Å². The third-order valence-corrected chi connectivity index (χ3v) is 6.97. The van der Waals surface area contributed by atoms with Crippen molar-refractivity contribution in [3.8, 4) is 11.6 Å². The van der Waals surface area contributed by atoms with Gasteiger partial charge in [-0.15, -0.1) is 0 Å². The van der Waals surface area contributed by atoms with E-state index in [2.05, 4.69) is 25.3 Å². The first kappa shape index (κ1) is 28.9. The van der Waals surface area contributed by atoms with E-state index in [-0.39, 0.29) is 28.7 Å². The lowest BCUT2D eigenvalue weighted by Gasteiger charge is -2.31.